The number of nitrogens with one attached hydrogen (secondary N) is 1. The predicted molar refractivity (Wildman–Crippen MR) is 35.1 cm³/mol. The maximum Gasteiger partial charge on any atom is 0.271 e. The van der Waals surface area contributed by atoms with Gasteiger partial charge in [-0.25, -0.2) is 0 Å². The van der Waals surface area contributed by atoms with Gasteiger partial charge in [-0.15, -0.1) is 0 Å². The number of azo groups is 1. The predicted octanol–water partition coefficient (Wildman–Crippen LogP) is 0.924. The summed E-state index contributed by atoms with van der Waals surface area (Å²) in [5, 5.41) is 7.30. The number of carbonyl (C=O) groups is 1. The third-order valence-corrected chi connectivity index (χ3v) is 1.37. The Bertz CT molecular complexity index is 231. The first-order valence-electron chi connectivity index (χ1n) is 2.93. The van der Waals surface area contributed by atoms with E-state index in [-0.39, 0.29) is 0 Å². The average Bonchev–Trinajstić information content (AvgIpc) is 2.13. The fourth-order valence-corrected chi connectivity index (χ4v) is 0.758. The molecule has 1 radical (unpaired) electrons. The molecule has 0 aromatic rings. The van der Waals surface area contributed by atoms with Crippen LogP contribution in [0, 0.1) is 0 Å². The van der Waals surface area contributed by atoms with Gasteiger partial charge in [0.2, 0.25) is 0 Å². The van der Waals surface area contributed by atoms with Crippen LogP contribution in [0.25, 0.3) is 0 Å². The number of allylic oxidation sites excluding steroid dienone is 1. The van der Waals surface area contributed by atoms with E-state index in [0.717, 1.165) is 0 Å². The molecular weight excluding hydrogens is 130 g/mol. The van der Waals surface area contributed by atoms with Gasteiger partial charge in [0.15, 0.2) is 5.54 Å². The standard InChI is InChI=1S/C6H8N3O/c1-4-3-6(2,5(7)10)9-8-4/h3,7H,1-2H3. The van der Waals surface area contributed by atoms with Crippen LogP contribution in [0.5, 0.6) is 0 Å². The lowest BCUT2D eigenvalue weighted by Crippen LogP contribution is -2.29. The van der Waals surface area contributed by atoms with Crippen LogP contribution in [0.3, 0.4) is 0 Å². The molecule has 0 aromatic carbocycles. The molecule has 4 nitrogen and oxygen atoms in total. The van der Waals surface area contributed by atoms with Crippen LogP contribution >= 0.6 is 0 Å². The second-order valence-corrected chi connectivity index (χ2v) is 2.46. The van der Waals surface area contributed by atoms with E-state index in [1.807, 2.05) is 0 Å². The Morgan fingerprint density at radius 3 is 2.60 bits per heavy atom. The molecule has 1 aliphatic heterocycles. The highest BCUT2D eigenvalue weighted by Gasteiger charge is 2.32. The van der Waals surface area contributed by atoms with Crippen molar-refractivity contribution >= 4 is 5.91 Å². The Morgan fingerprint density at radius 1 is 1.80 bits per heavy atom. The lowest BCUT2D eigenvalue weighted by Gasteiger charge is -2.08. The van der Waals surface area contributed by atoms with Gasteiger partial charge in [-0.05, 0) is 19.9 Å². The highest BCUT2D eigenvalue weighted by molar-refractivity contribution is 5.86. The van der Waals surface area contributed by atoms with Crippen molar-refractivity contribution in [3.8, 4) is 0 Å². The van der Waals surface area contributed by atoms with Crippen molar-refractivity contribution in [3.05, 3.63) is 11.8 Å². The minimum atomic E-state index is -1.01. The molecule has 1 unspecified atom stereocenters. The number of carbonyl (C=O) groups excluding carboxylic acids is 1. The van der Waals surface area contributed by atoms with Gasteiger partial charge in [-0.2, -0.15) is 10.2 Å². The summed E-state index contributed by atoms with van der Waals surface area (Å²) < 4.78 is 0. The number of hydrogen-bond donors (Lipinski definition) is 0. The normalized spacial score (nSPS) is 30.4. The summed E-state index contributed by atoms with van der Waals surface area (Å²) in [4.78, 5) is 10.6. The van der Waals surface area contributed by atoms with Crippen molar-refractivity contribution in [2.75, 3.05) is 0 Å². The summed E-state index contributed by atoms with van der Waals surface area (Å²) in [5.74, 6) is -0.715. The average molecular weight is 138 g/mol. The third-order valence-electron chi connectivity index (χ3n) is 1.37. The molecule has 1 rings (SSSR count). The van der Waals surface area contributed by atoms with E-state index < -0.39 is 11.4 Å². The molecule has 0 saturated heterocycles. The molecule has 4 heteroatoms. The van der Waals surface area contributed by atoms with Crippen LogP contribution in [-0.2, 0) is 4.79 Å². The molecule has 10 heavy (non-hydrogen) atoms. The molecule has 1 N–H and O–H groups in total. The van der Waals surface area contributed by atoms with Crippen LogP contribution in [-0.4, -0.2) is 11.4 Å². The first-order chi connectivity index (χ1) is 4.54. The number of amides is 1. The van der Waals surface area contributed by atoms with E-state index in [1.165, 1.54) is 0 Å². The first-order valence-corrected chi connectivity index (χ1v) is 2.93. The quantitative estimate of drug-likeness (QED) is 0.531. The number of nitrogens with zero attached hydrogens (tertiary/aromatic N) is 2. The van der Waals surface area contributed by atoms with Gasteiger partial charge in [0.05, 0.1) is 5.70 Å². The van der Waals surface area contributed by atoms with Crippen molar-refractivity contribution in [3.63, 3.8) is 0 Å². The van der Waals surface area contributed by atoms with E-state index in [0.29, 0.717) is 5.70 Å². The molecule has 0 spiro atoms. The molecular formula is C6H8N3O. The molecule has 0 aliphatic carbocycles. The van der Waals surface area contributed by atoms with E-state index in [9.17, 15) is 4.79 Å². The Labute approximate surface area is 58.8 Å². The largest absolute Gasteiger partial charge is 0.271 e. The molecule has 1 atom stereocenters. The summed E-state index contributed by atoms with van der Waals surface area (Å²) in [6.07, 6.45) is 1.59. The zero-order valence-corrected chi connectivity index (χ0v) is 5.88. The SMILES string of the molecule is CC1=CC(C)(C([NH])=O)N=N1. The third kappa shape index (κ3) is 0.920. The minimum absolute atomic E-state index is 0.697. The lowest BCUT2D eigenvalue weighted by atomic mass is 10.0. The maximum atomic E-state index is 10.6. The Balaban J connectivity index is 2.95. The highest BCUT2D eigenvalue weighted by Crippen LogP contribution is 2.22. The van der Waals surface area contributed by atoms with Gasteiger partial charge in [0, 0.05) is 0 Å². The summed E-state index contributed by atoms with van der Waals surface area (Å²) in [7, 11) is 0. The van der Waals surface area contributed by atoms with Gasteiger partial charge in [0.1, 0.15) is 0 Å². The lowest BCUT2D eigenvalue weighted by molar-refractivity contribution is -0.121. The molecule has 0 saturated carbocycles. The Hall–Kier alpha value is -1.19. The fraction of sp³-hybridized carbons (Fsp3) is 0.500. The Kier molecular flexibility index (Phi) is 1.31. The maximum absolute atomic E-state index is 10.6. The van der Waals surface area contributed by atoms with Crippen molar-refractivity contribution in [2.45, 2.75) is 19.4 Å². The topological polar surface area (TPSA) is 65.6 Å². The molecule has 53 valence electrons. The van der Waals surface area contributed by atoms with Gasteiger partial charge < -0.3 is 0 Å². The van der Waals surface area contributed by atoms with Crippen LogP contribution in [0.15, 0.2) is 22.0 Å². The second kappa shape index (κ2) is 1.90. The monoisotopic (exact) mass is 138 g/mol. The molecule has 0 bridgehead atoms. The Morgan fingerprint density at radius 2 is 2.40 bits per heavy atom. The summed E-state index contributed by atoms with van der Waals surface area (Å²) in [6, 6.07) is 0. The van der Waals surface area contributed by atoms with Crippen LogP contribution < -0.4 is 5.73 Å². The molecule has 1 heterocycles. The van der Waals surface area contributed by atoms with Gasteiger partial charge in [0.25, 0.3) is 5.91 Å². The van der Waals surface area contributed by atoms with Crippen LogP contribution in [0.1, 0.15) is 13.8 Å². The van der Waals surface area contributed by atoms with Crippen molar-refractivity contribution in [1.29, 1.82) is 0 Å². The molecule has 1 amide bonds. The minimum Gasteiger partial charge on any atom is -0.270 e. The van der Waals surface area contributed by atoms with Crippen molar-refractivity contribution in [2.24, 2.45) is 10.2 Å². The van der Waals surface area contributed by atoms with Gasteiger partial charge >= 0.3 is 0 Å². The van der Waals surface area contributed by atoms with Gasteiger partial charge in [-0.3, -0.25) is 10.5 Å². The highest BCUT2D eigenvalue weighted by atomic mass is 16.1. The number of rotatable bonds is 1. The van der Waals surface area contributed by atoms with E-state index >= 15 is 0 Å². The van der Waals surface area contributed by atoms with E-state index in [2.05, 4.69) is 10.2 Å². The molecule has 0 aromatic heterocycles. The van der Waals surface area contributed by atoms with Crippen LogP contribution in [0.2, 0.25) is 0 Å². The van der Waals surface area contributed by atoms with Gasteiger partial charge in [-0.1, -0.05) is 0 Å². The fourth-order valence-electron chi connectivity index (χ4n) is 0.758. The first kappa shape index (κ1) is 6.92. The number of hydrogen-bond acceptors (Lipinski definition) is 3. The molecule has 0 fully saturated rings. The summed E-state index contributed by atoms with van der Waals surface area (Å²) >= 11 is 0. The van der Waals surface area contributed by atoms with E-state index in [1.54, 1.807) is 19.9 Å². The zero-order chi connectivity index (χ0) is 7.78. The zero-order valence-electron chi connectivity index (χ0n) is 5.88. The van der Waals surface area contributed by atoms with E-state index in [4.69, 9.17) is 5.73 Å². The van der Waals surface area contributed by atoms with Crippen molar-refractivity contribution < 1.29 is 4.79 Å². The summed E-state index contributed by atoms with van der Waals surface area (Å²) in [6.45, 7) is 3.32. The van der Waals surface area contributed by atoms with Crippen LogP contribution in [0.4, 0.5) is 0 Å². The second-order valence-electron chi connectivity index (χ2n) is 2.46. The van der Waals surface area contributed by atoms with Crippen molar-refractivity contribution in [1.82, 2.24) is 5.73 Å². The summed E-state index contributed by atoms with van der Waals surface area (Å²) in [5.41, 5.74) is 6.51. The smallest absolute Gasteiger partial charge is 0.270 e. The molecule has 1 aliphatic rings.